The molecule has 1 atom stereocenters. The molecule has 0 aliphatic heterocycles. The van der Waals surface area contributed by atoms with Crippen LogP contribution in [0.3, 0.4) is 0 Å². The lowest BCUT2D eigenvalue weighted by molar-refractivity contribution is -0.116. The molecule has 1 aliphatic carbocycles. The smallest absolute Gasteiger partial charge is 0.244 e. The fourth-order valence-corrected chi connectivity index (χ4v) is 6.03. The van der Waals surface area contributed by atoms with Crippen molar-refractivity contribution in [1.82, 2.24) is 4.57 Å². The maximum absolute atomic E-state index is 12.9. The van der Waals surface area contributed by atoms with Crippen molar-refractivity contribution in [3.8, 4) is 6.07 Å². The van der Waals surface area contributed by atoms with Crippen LogP contribution in [-0.4, -0.2) is 16.8 Å². The Hall–Kier alpha value is -2.43. The zero-order valence-corrected chi connectivity index (χ0v) is 20.2. The summed E-state index contributed by atoms with van der Waals surface area (Å²) in [6.07, 6.45) is 5.40. The molecule has 7 heteroatoms. The Morgan fingerprint density at radius 1 is 1.42 bits per heavy atom. The summed E-state index contributed by atoms with van der Waals surface area (Å²) >= 11 is 4.96. The predicted octanol–water partition coefficient (Wildman–Crippen LogP) is 5.94. The predicted molar refractivity (Wildman–Crippen MR) is 128 cm³/mol. The molecule has 0 unspecified atom stereocenters. The maximum Gasteiger partial charge on any atom is 0.244 e. The number of nitriles is 1. The Bertz CT molecular complexity index is 1230. The Morgan fingerprint density at radius 2 is 2.19 bits per heavy atom. The van der Waals surface area contributed by atoms with E-state index in [1.54, 1.807) is 10.8 Å². The first-order valence-electron chi connectivity index (χ1n) is 10.3. The molecule has 0 radical (unpaired) electrons. The van der Waals surface area contributed by atoms with Crippen LogP contribution in [0.4, 0.5) is 5.00 Å². The van der Waals surface area contributed by atoms with E-state index in [4.69, 9.17) is 0 Å². The molecular weight excluding hydrogens is 474 g/mol. The van der Waals surface area contributed by atoms with Gasteiger partial charge in [0.2, 0.25) is 5.91 Å². The molecule has 1 N–H and O–H groups in total. The van der Waals surface area contributed by atoms with E-state index in [2.05, 4.69) is 48.1 Å². The van der Waals surface area contributed by atoms with Gasteiger partial charge in [0.1, 0.15) is 17.6 Å². The number of rotatable bonds is 4. The first kappa shape index (κ1) is 21.8. The summed E-state index contributed by atoms with van der Waals surface area (Å²) in [7, 11) is 0. The molecule has 31 heavy (non-hydrogen) atoms. The Kier molecular flexibility index (Phi) is 5.80. The van der Waals surface area contributed by atoms with E-state index in [0.717, 1.165) is 46.5 Å². The molecule has 2 aromatic heterocycles. The number of nitrogens with zero attached hydrogens (tertiary/aromatic N) is 2. The molecule has 160 valence electrons. The quantitative estimate of drug-likeness (QED) is 0.453. The minimum absolute atomic E-state index is 0.0734. The number of benzene rings is 1. The topological polar surface area (TPSA) is 74.9 Å². The normalized spacial score (nSPS) is 16.0. The highest BCUT2D eigenvalue weighted by molar-refractivity contribution is 9.10. The second kappa shape index (κ2) is 8.25. The Balaban J connectivity index is 1.58. The van der Waals surface area contributed by atoms with Crippen molar-refractivity contribution in [2.75, 3.05) is 5.32 Å². The highest BCUT2D eigenvalue weighted by Gasteiger charge is 2.32. The molecule has 3 aromatic rings. The summed E-state index contributed by atoms with van der Waals surface area (Å²) in [6, 6.07) is 7.96. The van der Waals surface area contributed by atoms with Crippen LogP contribution in [0.15, 0.2) is 28.9 Å². The number of carbonyl (C=O) groups is 2. The van der Waals surface area contributed by atoms with Gasteiger partial charge in [-0.1, -0.05) is 36.7 Å². The molecular formula is C24H24BrN3O2S. The number of amides is 1. The van der Waals surface area contributed by atoms with Gasteiger partial charge in [-0.15, -0.1) is 11.3 Å². The highest BCUT2D eigenvalue weighted by Crippen LogP contribution is 2.44. The zero-order valence-electron chi connectivity index (χ0n) is 17.8. The summed E-state index contributed by atoms with van der Waals surface area (Å²) in [6.45, 7) is 6.86. The lowest BCUT2D eigenvalue weighted by Gasteiger charge is -2.33. The SMILES string of the molecule is CC(C)(C)[C@@H]1CCc2c(sc(NC(=O)Cn3cc(C=O)c4cc(Br)ccc43)c2C#N)C1. The molecule has 0 fully saturated rings. The van der Waals surface area contributed by atoms with E-state index in [1.165, 1.54) is 16.2 Å². The fourth-order valence-electron chi connectivity index (χ4n) is 4.37. The van der Waals surface area contributed by atoms with Crippen LogP contribution >= 0.6 is 27.3 Å². The van der Waals surface area contributed by atoms with Crippen molar-refractivity contribution in [3.63, 3.8) is 0 Å². The van der Waals surface area contributed by atoms with Crippen LogP contribution in [0.2, 0.25) is 0 Å². The van der Waals surface area contributed by atoms with E-state index in [0.29, 0.717) is 22.0 Å². The number of nitrogens with one attached hydrogen (secondary N) is 1. The first-order valence-corrected chi connectivity index (χ1v) is 11.9. The highest BCUT2D eigenvalue weighted by atomic mass is 79.9. The molecule has 5 nitrogen and oxygen atoms in total. The van der Waals surface area contributed by atoms with Gasteiger partial charge in [0.05, 0.1) is 5.56 Å². The van der Waals surface area contributed by atoms with Gasteiger partial charge in [-0.25, -0.2) is 0 Å². The third-order valence-electron chi connectivity index (χ3n) is 6.17. The first-order chi connectivity index (χ1) is 14.7. The summed E-state index contributed by atoms with van der Waals surface area (Å²) in [4.78, 5) is 25.5. The zero-order chi connectivity index (χ0) is 22.3. The molecule has 0 saturated heterocycles. The van der Waals surface area contributed by atoms with Gasteiger partial charge in [-0.2, -0.15) is 5.26 Å². The van der Waals surface area contributed by atoms with E-state index in [-0.39, 0.29) is 17.9 Å². The van der Waals surface area contributed by atoms with Crippen LogP contribution in [0.1, 0.15) is 53.6 Å². The van der Waals surface area contributed by atoms with Crippen LogP contribution < -0.4 is 5.32 Å². The molecule has 0 spiro atoms. The van der Waals surface area contributed by atoms with E-state index in [1.807, 2.05) is 18.2 Å². The van der Waals surface area contributed by atoms with Crippen molar-refractivity contribution >= 4 is 55.4 Å². The lowest BCUT2D eigenvalue weighted by atomic mass is 9.72. The third-order valence-corrected chi connectivity index (χ3v) is 7.83. The number of aldehydes is 1. The Labute approximate surface area is 194 Å². The van der Waals surface area contributed by atoms with Crippen LogP contribution in [0.25, 0.3) is 10.9 Å². The summed E-state index contributed by atoms with van der Waals surface area (Å²) in [5.41, 5.74) is 3.29. The van der Waals surface area contributed by atoms with Crippen molar-refractivity contribution in [1.29, 1.82) is 5.26 Å². The number of carbonyl (C=O) groups excluding carboxylic acids is 2. The van der Waals surface area contributed by atoms with Gasteiger partial charge in [0, 0.05) is 32.0 Å². The molecule has 1 aliphatic rings. The molecule has 0 bridgehead atoms. The fraction of sp³-hybridized carbons (Fsp3) is 0.375. The number of aromatic nitrogens is 1. The van der Waals surface area contributed by atoms with Crippen LogP contribution in [0, 0.1) is 22.7 Å². The van der Waals surface area contributed by atoms with E-state index >= 15 is 0 Å². The number of halogens is 1. The molecule has 1 aromatic carbocycles. The van der Waals surface area contributed by atoms with E-state index < -0.39 is 0 Å². The molecule has 4 rings (SSSR count). The summed E-state index contributed by atoms with van der Waals surface area (Å²) in [5, 5.41) is 14.2. The number of fused-ring (bicyclic) bond motifs is 2. The van der Waals surface area contributed by atoms with Crippen molar-refractivity contribution in [2.45, 2.75) is 46.6 Å². The minimum atomic E-state index is -0.209. The van der Waals surface area contributed by atoms with Gasteiger partial charge in [-0.3, -0.25) is 9.59 Å². The van der Waals surface area contributed by atoms with Crippen LogP contribution in [-0.2, 0) is 24.2 Å². The third kappa shape index (κ3) is 4.19. The monoisotopic (exact) mass is 497 g/mol. The molecule has 1 amide bonds. The summed E-state index contributed by atoms with van der Waals surface area (Å²) in [5.74, 6) is 0.362. The molecule has 0 saturated carbocycles. The van der Waals surface area contributed by atoms with Gasteiger partial charge in [0.15, 0.2) is 6.29 Å². The summed E-state index contributed by atoms with van der Waals surface area (Å²) < 4.78 is 2.65. The average molecular weight is 498 g/mol. The molecule has 2 heterocycles. The average Bonchev–Trinajstić information content (AvgIpc) is 3.23. The lowest BCUT2D eigenvalue weighted by Crippen LogP contribution is -2.26. The Morgan fingerprint density at radius 3 is 2.87 bits per heavy atom. The minimum Gasteiger partial charge on any atom is -0.337 e. The van der Waals surface area contributed by atoms with Crippen molar-refractivity contribution in [3.05, 3.63) is 50.4 Å². The van der Waals surface area contributed by atoms with E-state index in [9.17, 15) is 14.9 Å². The number of hydrogen-bond donors (Lipinski definition) is 1. The number of hydrogen-bond acceptors (Lipinski definition) is 4. The van der Waals surface area contributed by atoms with Gasteiger partial charge in [-0.05, 0) is 54.4 Å². The second-order valence-corrected chi connectivity index (χ2v) is 11.2. The maximum atomic E-state index is 12.9. The second-order valence-electron chi connectivity index (χ2n) is 9.17. The van der Waals surface area contributed by atoms with Crippen LogP contribution in [0.5, 0.6) is 0 Å². The standard InChI is InChI=1S/C24H24BrN3O2S/c1-24(2,3)15-4-6-17-19(10-26)23(31-21(17)8-15)27-22(30)12-28-11-14(13-29)18-9-16(25)5-7-20(18)28/h5,7,9,11,13,15H,4,6,8,12H2,1-3H3,(H,27,30)/t15-/m1/s1. The van der Waals surface area contributed by atoms with Gasteiger partial charge < -0.3 is 9.88 Å². The number of anilines is 1. The van der Waals surface area contributed by atoms with Crippen molar-refractivity contribution in [2.24, 2.45) is 11.3 Å². The largest absolute Gasteiger partial charge is 0.337 e. The van der Waals surface area contributed by atoms with Gasteiger partial charge in [0.25, 0.3) is 0 Å². The van der Waals surface area contributed by atoms with Gasteiger partial charge >= 0.3 is 0 Å². The van der Waals surface area contributed by atoms with Crippen molar-refractivity contribution < 1.29 is 9.59 Å². The number of thiophene rings is 1.